The molecule has 0 saturated heterocycles. The third-order valence-corrected chi connectivity index (χ3v) is 6.51. The number of hydrogen-bond acceptors (Lipinski definition) is 1. The molecule has 1 aromatic heterocycles. The monoisotopic (exact) mass is 386 g/mol. The molecule has 0 aliphatic carbocycles. The van der Waals surface area contributed by atoms with Crippen LogP contribution in [0.2, 0.25) is 0 Å². The molecule has 96 valence electrons. The Morgan fingerprint density at radius 2 is 1.89 bits per heavy atom. The summed E-state index contributed by atoms with van der Waals surface area (Å²) in [6.45, 7) is 2.27. The lowest BCUT2D eigenvalue weighted by molar-refractivity contribution is 0.467. The van der Waals surface area contributed by atoms with Crippen molar-refractivity contribution < 1.29 is 0 Å². The summed E-state index contributed by atoms with van der Waals surface area (Å²) in [6, 6.07) is 13.0. The second-order valence-corrected chi connectivity index (χ2v) is 6.92. The van der Waals surface area contributed by atoms with Crippen LogP contribution in [0.4, 0.5) is 0 Å². The van der Waals surface area contributed by atoms with Crippen molar-refractivity contribution in [3.8, 4) is 0 Å². The van der Waals surface area contributed by atoms with Crippen molar-refractivity contribution in [3.05, 3.63) is 56.7 Å². The van der Waals surface area contributed by atoms with Gasteiger partial charge in [0.2, 0.25) is 0 Å². The molecule has 0 bridgehead atoms. The second kappa shape index (κ2) is 6.36. The molecule has 0 aliphatic rings. The second-order valence-electron chi connectivity index (χ2n) is 4.50. The van der Waals surface area contributed by atoms with Crippen molar-refractivity contribution in [3.63, 3.8) is 0 Å². The van der Waals surface area contributed by atoms with Gasteiger partial charge in [-0.25, -0.2) is 0 Å². The fourth-order valence-corrected chi connectivity index (χ4v) is 4.76. The molecule has 0 saturated carbocycles. The van der Waals surface area contributed by atoms with Gasteiger partial charge in [-0.05, 0) is 45.8 Å². The van der Waals surface area contributed by atoms with Crippen LogP contribution in [0.1, 0.15) is 23.8 Å². The zero-order chi connectivity index (χ0) is 13.0. The Balaban J connectivity index is 2.36. The minimum atomic E-state index is 0.189. The van der Waals surface area contributed by atoms with E-state index in [4.69, 9.17) is 0 Å². The van der Waals surface area contributed by atoms with E-state index < -0.39 is 0 Å². The lowest BCUT2D eigenvalue weighted by Gasteiger charge is -2.31. The van der Waals surface area contributed by atoms with Gasteiger partial charge in [-0.2, -0.15) is 0 Å². The van der Waals surface area contributed by atoms with E-state index in [1.165, 1.54) is 14.9 Å². The van der Waals surface area contributed by atoms with Crippen molar-refractivity contribution in [1.29, 1.82) is 0 Å². The molecule has 18 heavy (non-hydrogen) atoms. The molecule has 3 heteroatoms. The minimum Gasteiger partial charge on any atom is -0.148 e. The summed E-state index contributed by atoms with van der Waals surface area (Å²) in [4.78, 5) is 1.43. The average molecular weight is 388 g/mol. The summed E-state index contributed by atoms with van der Waals surface area (Å²) in [5, 5.41) is 3.14. The first kappa shape index (κ1) is 14.3. The van der Waals surface area contributed by atoms with Gasteiger partial charge in [0, 0.05) is 20.1 Å². The summed E-state index contributed by atoms with van der Waals surface area (Å²) in [5.41, 5.74) is 1.61. The smallest absolute Gasteiger partial charge is 0.0314 e. The minimum absolute atomic E-state index is 0.189. The van der Waals surface area contributed by atoms with Gasteiger partial charge in [0.25, 0.3) is 0 Å². The van der Waals surface area contributed by atoms with Gasteiger partial charge in [-0.1, -0.05) is 53.2 Å². The maximum atomic E-state index is 3.73. The molecule has 0 radical (unpaired) electrons. The molecule has 2 rings (SSSR count). The third-order valence-electron chi connectivity index (χ3n) is 3.51. The Kier molecular flexibility index (Phi) is 5.05. The number of alkyl halides is 1. The van der Waals surface area contributed by atoms with Gasteiger partial charge >= 0.3 is 0 Å². The van der Waals surface area contributed by atoms with E-state index in [-0.39, 0.29) is 5.41 Å². The molecule has 0 spiro atoms. The van der Waals surface area contributed by atoms with Crippen LogP contribution in [0.25, 0.3) is 0 Å². The van der Waals surface area contributed by atoms with E-state index in [0.717, 1.165) is 18.2 Å². The maximum absolute atomic E-state index is 3.73. The van der Waals surface area contributed by atoms with Gasteiger partial charge in [0.15, 0.2) is 0 Å². The van der Waals surface area contributed by atoms with Crippen LogP contribution in [0.3, 0.4) is 0 Å². The highest BCUT2D eigenvalue weighted by Gasteiger charge is 2.30. The highest BCUT2D eigenvalue weighted by molar-refractivity contribution is 9.10. The number of hydrogen-bond donors (Lipinski definition) is 0. The number of thiophene rings is 1. The van der Waals surface area contributed by atoms with Crippen LogP contribution in [0.5, 0.6) is 0 Å². The standard InChI is InChI=1S/C15H16Br2S/c1-2-15(11-16,12-6-4-3-5-7-12)10-14-13(17)8-9-18-14/h3-9H,2,10-11H2,1H3. The molecule has 0 nitrogen and oxygen atoms in total. The molecule has 0 amide bonds. The fraction of sp³-hybridized carbons (Fsp3) is 0.333. The lowest BCUT2D eigenvalue weighted by Crippen LogP contribution is -2.29. The van der Waals surface area contributed by atoms with Crippen LogP contribution in [0.15, 0.2) is 46.3 Å². The first-order chi connectivity index (χ1) is 8.72. The molecule has 1 unspecified atom stereocenters. The van der Waals surface area contributed by atoms with E-state index in [1.54, 1.807) is 0 Å². The van der Waals surface area contributed by atoms with Crippen molar-refractivity contribution in [2.45, 2.75) is 25.2 Å². The zero-order valence-electron chi connectivity index (χ0n) is 10.3. The van der Waals surface area contributed by atoms with Gasteiger partial charge < -0.3 is 0 Å². The summed E-state index contributed by atoms with van der Waals surface area (Å²) in [7, 11) is 0. The van der Waals surface area contributed by atoms with Gasteiger partial charge in [-0.3, -0.25) is 0 Å². The predicted octanol–water partition coefficient (Wildman–Crippen LogP) is 5.80. The SMILES string of the molecule is CCC(CBr)(Cc1sccc1Br)c1ccccc1. The molecule has 2 aromatic rings. The summed E-state index contributed by atoms with van der Waals surface area (Å²) >= 11 is 9.21. The third kappa shape index (κ3) is 2.89. The van der Waals surface area contributed by atoms with E-state index >= 15 is 0 Å². The van der Waals surface area contributed by atoms with E-state index in [1.807, 2.05) is 11.3 Å². The topological polar surface area (TPSA) is 0 Å². The fourth-order valence-electron chi connectivity index (χ4n) is 2.20. The number of rotatable bonds is 5. The highest BCUT2D eigenvalue weighted by atomic mass is 79.9. The average Bonchev–Trinajstić information content (AvgIpc) is 2.82. The molecule has 1 atom stereocenters. The molecule has 1 heterocycles. The van der Waals surface area contributed by atoms with Gasteiger partial charge in [0.1, 0.15) is 0 Å². The highest BCUT2D eigenvalue weighted by Crippen LogP contribution is 2.37. The Hall–Kier alpha value is -0.120. The van der Waals surface area contributed by atoms with Crippen LogP contribution in [-0.2, 0) is 11.8 Å². The normalized spacial score (nSPS) is 14.4. The first-order valence-corrected chi connectivity index (χ1v) is 8.84. The number of benzene rings is 1. The van der Waals surface area contributed by atoms with E-state index in [2.05, 4.69) is 80.6 Å². The van der Waals surface area contributed by atoms with Gasteiger partial charge in [-0.15, -0.1) is 11.3 Å². The van der Waals surface area contributed by atoms with Crippen molar-refractivity contribution in [2.75, 3.05) is 5.33 Å². The van der Waals surface area contributed by atoms with Crippen LogP contribution in [0, 0.1) is 0 Å². The molecular weight excluding hydrogens is 372 g/mol. The van der Waals surface area contributed by atoms with Crippen molar-refractivity contribution in [2.24, 2.45) is 0 Å². The van der Waals surface area contributed by atoms with Gasteiger partial charge in [0.05, 0.1) is 0 Å². The number of halogens is 2. The molecule has 0 aliphatic heterocycles. The summed E-state index contributed by atoms with van der Waals surface area (Å²) < 4.78 is 1.24. The van der Waals surface area contributed by atoms with E-state index in [9.17, 15) is 0 Å². The van der Waals surface area contributed by atoms with E-state index in [0.29, 0.717) is 0 Å². The maximum Gasteiger partial charge on any atom is 0.0314 e. The van der Waals surface area contributed by atoms with Crippen LogP contribution >= 0.6 is 43.2 Å². The van der Waals surface area contributed by atoms with Crippen molar-refractivity contribution >= 4 is 43.2 Å². The predicted molar refractivity (Wildman–Crippen MR) is 87.9 cm³/mol. The quantitative estimate of drug-likeness (QED) is 0.569. The molecule has 0 N–H and O–H groups in total. The molecular formula is C15H16Br2S. The van der Waals surface area contributed by atoms with Crippen molar-refractivity contribution in [1.82, 2.24) is 0 Å². The zero-order valence-corrected chi connectivity index (χ0v) is 14.3. The van der Waals surface area contributed by atoms with Crippen LogP contribution < -0.4 is 0 Å². The molecule has 1 aromatic carbocycles. The molecule has 0 fully saturated rings. The summed E-state index contributed by atoms with van der Waals surface area (Å²) in [5.74, 6) is 0. The Morgan fingerprint density at radius 1 is 1.17 bits per heavy atom. The first-order valence-electron chi connectivity index (χ1n) is 6.05. The Bertz CT molecular complexity index is 486. The Labute approximate surface area is 130 Å². The lowest BCUT2D eigenvalue weighted by atomic mass is 9.77. The summed E-state index contributed by atoms with van der Waals surface area (Å²) in [6.07, 6.45) is 2.21. The van der Waals surface area contributed by atoms with Crippen LogP contribution in [-0.4, -0.2) is 5.33 Å². The largest absolute Gasteiger partial charge is 0.148 e. The Morgan fingerprint density at radius 3 is 2.39 bits per heavy atom.